The minimum atomic E-state index is -4.49. The number of carbonyl (C=O) groups excluding carboxylic acids is 2. The summed E-state index contributed by atoms with van der Waals surface area (Å²) in [5.74, 6) is -0.553. The molecule has 0 saturated carbocycles. The van der Waals surface area contributed by atoms with E-state index in [1.807, 2.05) is 0 Å². The van der Waals surface area contributed by atoms with Gasteiger partial charge in [-0.25, -0.2) is 4.68 Å². The van der Waals surface area contributed by atoms with Crippen molar-refractivity contribution in [3.63, 3.8) is 0 Å². The Kier molecular flexibility index (Phi) is 5.40. The smallest absolute Gasteiger partial charge is 0.326 e. The summed E-state index contributed by atoms with van der Waals surface area (Å²) < 4.78 is 40.3. The van der Waals surface area contributed by atoms with Gasteiger partial charge in [0.25, 0.3) is 5.91 Å². The van der Waals surface area contributed by atoms with E-state index in [2.05, 4.69) is 15.7 Å². The molecule has 2 aromatic carbocycles. The summed E-state index contributed by atoms with van der Waals surface area (Å²) in [5, 5.41) is 9.42. The highest BCUT2D eigenvalue weighted by Crippen LogP contribution is 2.31. The Labute approximate surface area is 164 Å². The van der Waals surface area contributed by atoms with E-state index in [1.54, 1.807) is 31.2 Å². The highest BCUT2D eigenvalue weighted by Gasteiger charge is 2.30. The lowest BCUT2D eigenvalue weighted by Crippen LogP contribution is -2.16. The molecule has 150 valence electrons. The molecule has 0 radical (unpaired) electrons. The monoisotopic (exact) mass is 402 g/mol. The number of rotatable bonds is 4. The van der Waals surface area contributed by atoms with Gasteiger partial charge in [0.2, 0.25) is 5.91 Å². The maximum atomic E-state index is 13.0. The average Bonchev–Trinajstić information content (AvgIpc) is 3.01. The van der Waals surface area contributed by atoms with Crippen LogP contribution in [0.25, 0.3) is 5.69 Å². The molecular weight excluding hydrogens is 385 g/mol. The third-order valence-electron chi connectivity index (χ3n) is 3.94. The number of hydrogen-bond acceptors (Lipinski definition) is 3. The van der Waals surface area contributed by atoms with E-state index >= 15 is 0 Å². The van der Waals surface area contributed by atoms with Crippen molar-refractivity contribution in [1.29, 1.82) is 0 Å². The Balaban J connectivity index is 1.90. The quantitative estimate of drug-likeness (QED) is 0.679. The standard InChI is InChI=1S/C20H17F3N4O2/c1-12-9-18(25-19(29)14-5-3-7-16(10-14)24-13(2)28)27(26-12)17-8-4-6-15(11-17)20(21,22)23/h3-11H,1-2H3,(H,24,28)(H,25,29). The number of benzene rings is 2. The fourth-order valence-corrected chi connectivity index (χ4v) is 2.73. The molecule has 0 atom stereocenters. The first-order valence-corrected chi connectivity index (χ1v) is 8.57. The predicted molar refractivity (Wildman–Crippen MR) is 102 cm³/mol. The van der Waals surface area contributed by atoms with E-state index in [0.29, 0.717) is 11.4 Å². The van der Waals surface area contributed by atoms with Gasteiger partial charge in [0.05, 0.1) is 16.9 Å². The Bertz CT molecular complexity index is 1070. The van der Waals surface area contributed by atoms with Crippen LogP contribution in [0.15, 0.2) is 54.6 Å². The molecule has 0 fully saturated rings. The third-order valence-corrected chi connectivity index (χ3v) is 3.94. The van der Waals surface area contributed by atoms with Crippen LogP contribution < -0.4 is 10.6 Å². The molecular formula is C20H17F3N4O2. The SMILES string of the molecule is CC(=O)Nc1cccc(C(=O)Nc2cc(C)nn2-c2cccc(C(F)(F)F)c2)c1. The second-order valence-electron chi connectivity index (χ2n) is 6.35. The molecule has 9 heteroatoms. The van der Waals surface area contributed by atoms with Crippen LogP contribution in [0.5, 0.6) is 0 Å². The summed E-state index contributed by atoms with van der Waals surface area (Å²) in [5.41, 5.74) is 0.585. The lowest BCUT2D eigenvalue weighted by molar-refractivity contribution is -0.137. The highest BCUT2D eigenvalue weighted by atomic mass is 19.4. The number of nitrogens with zero attached hydrogens (tertiary/aromatic N) is 2. The average molecular weight is 402 g/mol. The second kappa shape index (κ2) is 7.78. The first-order chi connectivity index (χ1) is 13.6. The zero-order valence-corrected chi connectivity index (χ0v) is 15.5. The molecule has 2 amide bonds. The Morgan fingerprint density at radius 1 is 1.00 bits per heavy atom. The number of hydrogen-bond donors (Lipinski definition) is 2. The van der Waals surface area contributed by atoms with Gasteiger partial charge in [0.1, 0.15) is 5.82 Å². The summed E-state index contributed by atoms with van der Waals surface area (Å²) in [6.07, 6.45) is -4.49. The third kappa shape index (κ3) is 4.81. The first-order valence-electron chi connectivity index (χ1n) is 8.57. The number of anilines is 2. The molecule has 3 aromatic rings. The van der Waals surface area contributed by atoms with Gasteiger partial charge in [-0.05, 0) is 43.3 Å². The van der Waals surface area contributed by atoms with Crippen LogP contribution in [-0.4, -0.2) is 21.6 Å². The van der Waals surface area contributed by atoms with Crippen molar-refractivity contribution in [2.75, 3.05) is 10.6 Å². The van der Waals surface area contributed by atoms with Gasteiger partial charge in [-0.3, -0.25) is 9.59 Å². The molecule has 0 aliphatic heterocycles. The fraction of sp³-hybridized carbons (Fsp3) is 0.150. The predicted octanol–water partition coefficient (Wildman–Crippen LogP) is 4.41. The lowest BCUT2D eigenvalue weighted by Gasteiger charge is -2.12. The first kappa shape index (κ1) is 20.1. The van der Waals surface area contributed by atoms with Crippen molar-refractivity contribution >= 4 is 23.3 Å². The van der Waals surface area contributed by atoms with Crippen LogP contribution in [0, 0.1) is 6.92 Å². The van der Waals surface area contributed by atoms with Crippen LogP contribution in [0.1, 0.15) is 28.5 Å². The van der Waals surface area contributed by atoms with Crippen LogP contribution in [0.3, 0.4) is 0 Å². The number of halogens is 3. The fourth-order valence-electron chi connectivity index (χ4n) is 2.73. The van der Waals surface area contributed by atoms with Crippen LogP contribution >= 0.6 is 0 Å². The van der Waals surface area contributed by atoms with Crippen molar-refractivity contribution in [2.24, 2.45) is 0 Å². The van der Waals surface area contributed by atoms with E-state index in [1.165, 1.54) is 29.8 Å². The second-order valence-corrected chi connectivity index (χ2v) is 6.35. The number of carbonyl (C=O) groups is 2. The minimum absolute atomic E-state index is 0.162. The topological polar surface area (TPSA) is 76.0 Å². The number of alkyl halides is 3. The Morgan fingerprint density at radius 2 is 1.72 bits per heavy atom. The summed E-state index contributed by atoms with van der Waals surface area (Å²) >= 11 is 0. The molecule has 1 heterocycles. The molecule has 29 heavy (non-hydrogen) atoms. The van der Waals surface area contributed by atoms with Gasteiger partial charge in [-0.15, -0.1) is 0 Å². The minimum Gasteiger partial charge on any atom is -0.326 e. The summed E-state index contributed by atoms with van der Waals surface area (Å²) in [6, 6.07) is 12.5. The summed E-state index contributed by atoms with van der Waals surface area (Å²) in [6.45, 7) is 3.01. The highest BCUT2D eigenvalue weighted by molar-refractivity contribution is 6.05. The van der Waals surface area contributed by atoms with E-state index < -0.39 is 17.6 Å². The van der Waals surface area contributed by atoms with Gasteiger partial charge in [-0.1, -0.05) is 12.1 Å². The van der Waals surface area contributed by atoms with Gasteiger partial charge < -0.3 is 10.6 Å². The zero-order valence-electron chi connectivity index (χ0n) is 15.5. The molecule has 1 aromatic heterocycles. The van der Waals surface area contributed by atoms with Gasteiger partial charge in [-0.2, -0.15) is 18.3 Å². The number of aromatic nitrogens is 2. The zero-order chi connectivity index (χ0) is 21.2. The van der Waals surface area contributed by atoms with E-state index in [0.717, 1.165) is 12.1 Å². The lowest BCUT2D eigenvalue weighted by atomic mass is 10.2. The summed E-state index contributed by atoms with van der Waals surface area (Å²) in [7, 11) is 0. The molecule has 0 saturated heterocycles. The normalized spacial score (nSPS) is 11.2. The molecule has 0 unspecified atom stereocenters. The number of amides is 2. The van der Waals surface area contributed by atoms with Crippen molar-refractivity contribution in [2.45, 2.75) is 20.0 Å². The number of aryl methyl sites for hydroxylation is 1. The van der Waals surface area contributed by atoms with Crippen molar-refractivity contribution in [3.8, 4) is 5.69 Å². The van der Waals surface area contributed by atoms with Crippen LogP contribution in [0.4, 0.5) is 24.7 Å². The van der Waals surface area contributed by atoms with Gasteiger partial charge in [0, 0.05) is 24.2 Å². The van der Waals surface area contributed by atoms with Crippen molar-refractivity contribution in [3.05, 3.63) is 71.4 Å². The van der Waals surface area contributed by atoms with Crippen LogP contribution in [-0.2, 0) is 11.0 Å². The number of nitrogens with one attached hydrogen (secondary N) is 2. The van der Waals surface area contributed by atoms with Crippen molar-refractivity contribution < 1.29 is 22.8 Å². The largest absolute Gasteiger partial charge is 0.416 e. The maximum Gasteiger partial charge on any atom is 0.416 e. The molecule has 0 aliphatic carbocycles. The maximum absolute atomic E-state index is 13.0. The van der Waals surface area contributed by atoms with Gasteiger partial charge >= 0.3 is 6.18 Å². The van der Waals surface area contributed by atoms with Crippen LogP contribution in [0.2, 0.25) is 0 Å². The van der Waals surface area contributed by atoms with E-state index in [4.69, 9.17) is 0 Å². The van der Waals surface area contributed by atoms with Crippen molar-refractivity contribution in [1.82, 2.24) is 9.78 Å². The molecule has 2 N–H and O–H groups in total. The molecule has 6 nitrogen and oxygen atoms in total. The molecule has 0 aliphatic rings. The Hall–Kier alpha value is -3.62. The molecule has 3 rings (SSSR count). The van der Waals surface area contributed by atoms with Gasteiger partial charge in [0.15, 0.2) is 0 Å². The molecule has 0 bridgehead atoms. The van der Waals surface area contributed by atoms with E-state index in [-0.39, 0.29) is 23.0 Å². The van der Waals surface area contributed by atoms with E-state index in [9.17, 15) is 22.8 Å². The summed E-state index contributed by atoms with van der Waals surface area (Å²) in [4.78, 5) is 23.8. The Morgan fingerprint density at radius 3 is 2.41 bits per heavy atom. The molecule has 0 spiro atoms.